The lowest BCUT2D eigenvalue weighted by Gasteiger charge is -2.27. The summed E-state index contributed by atoms with van der Waals surface area (Å²) < 4.78 is 0. The highest BCUT2D eigenvalue weighted by molar-refractivity contribution is 5.91. The maximum absolute atomic E-state index is 11.7. The molecule has 1 aromatic heterocycles. The molecule has 1 amide bonds. The van der Waals surface area contributed by atoms with Crippen molar-refractivity contribution in [2.75, 3.05) is 24.5 Å². The summed E-state index contributed by atoms with van der Waals surface area (Å²) in [5.74, 6) is 0.733. The van der Waals surface area contributed by atoms with Crippen LogP contribution in [0.1, 0.15) is 43.1 Å². The van der Waals surface area contributed by atoms with E-state index in [0.717, 1.165) is 25.3 Å². The number of amides is 1. The number of aromatic nitrogens is 2. The minimum Gasteiger partial charge on any atom is -0.355 e. The summed E-state index contributed by atoms with van der Waals surface area (Å²) in [5.41, 5.74) is 0.393. The lowest BCUT2D eigenvalue weighted by atomic mass is 10.1. The van der Waals surface area contributed by atoms with Crippen molar-refractivity contribution in [3.05, 3.63) is 18.1 Å². The van der Waals surface area contributed by atoms with Gasteiger partial charge < -0.3 is 10.2 Å². The van der Waals surface area contributed by atoms with Gasteiger partial charge in [0.2, 0.25) is 0 Å². The first-order chi connectivity index (χ1) is 8.81. The summed E-state index contributed by atoms with van der Waals surface area (Å²) in [7, 11) is 0. The average Bonchev–Trinajstić information content (AvgIpc) is 2.46. The van der Waals surface area contributed by atoms with Crippen LogP contribution in [0.15, 0.2) is 12.4 Å². The molecule has 1 fully saturated rings. The quantitative estimate of drug-likeness (QED) is 0.879. The lowest BCUT2D eigenvalue weighted by Crippen LogP contribution is -2.30. The number of hydrogen-bond donors (Lipinski definition) is 1. The van der Waals surface area contributed by atoms with Gasteiger partial charge in [0.05, 0.1) is 12.4 Å². The maximum atomic E-state index is 11.7. The summed E-state index contributed by atoms with van der Waals surface area (Å²) in [6, 6.07) is 0. The zero-order chi connectivity index (χ0) is 12.8. The second-order valence-corrected chi connectivity index (χ2v) is 4.56. The van der Waals surface area contributed by atoms with Crippen LogP contribution in [0.2, 0.25) is 0 Å². The van der Waals surface area contributed by atoms with Crippen molar-refractivity contribution >= 4 is 11.7 Å². The number of hydrogen-bond acceptors (Lipinski definition) is 4. The van der Waals surface area contributed by atoms with Crippen molar-refractivity contribution in [3.8, 4) is 0 Å². The Labute approximate surface area is 108 Å². The molecule has 0 radical (unpaired) electrons. The molecule has 0 atom stereocenters. The van der Waals surface area contributed by atoms with Crippen LogP contribution < -0.4 is 10.2 Å². The van der Waals surface area contributed by atoms with E-state index in [-0.39, 0.29) is 5.91 Å². The third-order valence-electron chi connectivity index (χ3n) is 3.09. The number of piperidine rings is 1. The molecule has 1 N–H and O–H groups in total. The summed E-state index contributed by atoms with van der Waals surface area (Å²) in [6.45, 7) is 4.77. The highest BCUT2D eigenvalue weighted by Crippen LogP contribution is 2.16. The third-order valence-corrected chi connectivity index (χ3v) is 3.09. The van der Waals surface area contributed by atoms with Gasteiger partial charge >= 0.3 is 0 Å². The van der Waals surface area contributed by atoms with E-state index >= 15 is 0 Å². The highest BCUT2D eigenvalue weighted by Gasteiger charge is 2.13. The Kier molecular flexibility index (Phi) is 4.50. The van der Waals surface area contributed by atoms with Gasteiger partial charge in [-0.25, -0.2) is 9.97 Å². The Morgan fingerprint density at radius 2 is 2.06 bits per heavy atom. The number of rotatable bonds is 4. The molecule has 0 aromatic carbocycles. The molecule has 0 saturated carbocycles. The summed E-state index contributed by atoms with van der Waals surface area (Å²) >= 11 is 0. The molecule has 1 aliphatic heterocycles. The minimum absolute atomic E-state index is 0.144. The van der Waals surface area contributed by atoms with Gasteiger partial charge in [-0.15, -0.1) is 0 Å². The van der Waals surface area contributed by atoms with Crippen LogP contribution in [-0.2, 0) is 0 Å². The van der Waals surface area contributed by atoms with Gasteiger partial charge in [-0.1, -0.05) is 6.92 Å². The van der Waals surface area contributed by atoms with Gasteiger partial charge in [-0.2, -0.15) is 0 Å². The van der Waals surface area contributed by atoms with E-state index in [9.17, 15) is 4.79 Å². The molecule has 98 valence electrons. The fraction of sp³-hybridized carbons (Fsp3) is 0.615. The maximum Gasteiger partial charge on any atom is 0.271 e. The van der Waals surface area contributed by atoms with Crippen molar-refractivity contribution in [1.29, 1.82) is 0 Å². The third kappa shape index (κ3) is 3.18. The van der Waals surface area contributed by atoms with E-state index in [0.29, 0.717) is 12.2 Å². The first-order valence-corrected chi connectivity index (χ1v) is 6.66. The fourth-order valence-electron chi connectivity index (χ4n) is 2.05. The fourth-order valence-corrected chi connectivity index (χ4v) is 2.05. The van der Waals surface area contributed by atoms with E-state index in [1.807, 2.05) is 6.92 Å². The number of carbonyl (C=O) groups is 1. The molecular formula is C13H20N4O. The van der Waals surface area contributed by atoms with Crippen molar-refractivity contribution in [3.63, 3.8) is 0 Å². The standard InChI is InChI=1S/C13H20N4O/c1-2-6-14-13(18)11-9-16-12(10-15-11)17-7-4-3-5-8-17/h9-10H,2-8H2,1H3,(H,14,18). The number of nitrogens with zero attached hydrogens (tertiary/aromatic N) is 3. The van der Waals surface area contributed by atoms with Crippen LogP contribution in [0.5, 0.6) is 0 Å². The van der Waals surface area contributed by atoms with E-state index < -0.39 is 0 Å². The highest BCUT2D eigenvalue weighted by atomic mass is 16.1. The first-order valence-electron chi connectivity index (χ1n) is 6.66. The second-order valence-electron chi connectivity index (χ2n) is 4.56. The Balaban J connectivity index is 1.98. The van der Waals surface area contributed by atoms with Crippen LogP contribution in [0.3, 0.4) is 0 Å². The van der Waals surface area contributed by atoms with Crippen molar-refractivity contribution in [1.82, 2.24) is 15.3 Å². The topological polar surface area (TPSA) is 58.1 Å². The summed E-state index contributed by atoms with van der Waals surface area (Å²) in [6.07, 6.45) is 7.90. The van der Waals surface area contributed by atoms with Crippen LogP contribution in [0.4, 0.5) is 5.82 Å². The molecular weight excluding hydrogens is 228 g/mol. The summed E-state index contributed by atoms with van der Waals surface area (Å²) in [5, 5.41) is 2.79. The zero-order valence-electron chi connectivity index (χ0n) is 10.9. The van der Waals surface area contributed by atoms with Crippen LogP contribution in [0.25, 0.3) is 0 Å². The number of anilines is 1. The van der Waals surface area contributed by atoms with Gasteiger partial charge in [0.25, 0.3) is 5.91 Å². The minimum atomic E-state index is -0.144. The molecule has 2 rings (SSSR count). The SMILES string of the molecule is CCCNC(=O)c1cnc(N2CCCCC2)cn1. The van der Waals surface area contributed by atoms with Crippen LogP contribution >= 0.6 is 0 Å². The first kappa shape index (κ1) is 12.8. The zero-order valence-corrected chi connectivity index (χ0v) is 10.9. The molecule has 1 aromatic rings. The van der Waals surface area contributed by atoms with E-state index in [4.69, 9.17) is 0 Å². The normalized spacial score (nSPS) is 15.5. The molecule has 5 nitrogen and oxygen atoms in total. The molecule has 0 aliphatic carbocycles. The summed E-state index contributed by atoms with van der Waals surface area (Å²) in [4.78, 5) is 22.4. The molecule has 0 bridgehead atoms. The monoisotopic (exact) mass is 248 g/mol. The Hall–Kier alpha value is -1.65. The second kappa shape index (κ2) is 6.33. The van der Waals surface area contributed by atoms with E-state index in [1.165, 1.54) is 19.3 Å². The van der Waals surface area contributed by atoms with Crippen LogP contribution in [-0.4, -0.2) is 35.5 Å². The van der Waals surface area contributed by atoms with Crippen molar-refractivity contribution in [2.45, 2.75) is 32.6 Å². The Morgan fingerprint density at radius 3 is 2.67 bits per heavy atom. The molecule has 5 heteroatoms. The van der Waals surface area contributed by atoms with Crippen molar-refractivity contribution < 1.29 is 4.79 Å². The molecule has 0 unspecified atom stereocenters. The van der Waals surface area contributed by atoms with Crippen molar-refractivity contribution in [2.24, 2.45) is 0 Å². The molecule has 0 spiro atoms. The van der Waals surface area contributed by atoms with Gasteiger partial charge in [0.1, 0.15) is 11.5 Å². The van der Waals surface area contributed by atoms with E-state index in [2.05, 4.69) is 20.2 Å². The van der Waals surface area contributed by atoms with Gasteiger partial charge in [-0.05, 0) is 25.7 Å². The molecule has 18 heavy (non-hydrogen) atoms. The Bertz CT molecular complexity index is 384. The smallest absolute Gasteiger partial charge is 0.271 e. The predicted octanol–water partition coefficient (Wildman–Crippen LogP) is 1.61. The van der Waals surface area contributed by atoms with Gasteiger partial charge in [-0.3, -0.25) is 4.79 Å². The number of carbonyl (C=O) groups excluding carboxylic acids is 1. The lowest BCUT2D eigenvalue weighted by molar-refractivity contribution is 0.0948. The Morgan fingerprint density at radius 1 is 1.28 bits per heavy atom. The molecule has 2 heterocycles. The van der Waals surface area contributed by atoms with Crippen LogP contribution in [0, 0.1) is 0 Å². The number of nitrogens with one attached hydrogen (secondary N) is 1. The largest absolute Gasteiger partial charge is 0.355 e. The van der Waals surface area contributed by atoms with Gasteiger partial charge in [0, 0.05) is 19.6 Å². The van der Waals surface area contributed by atoms with Gasteiger partial charge in [0.15, 0.2) is 0 Å². The predicted molar refractivity (Wildman–Crippen MR) is 70.7 cm³/mol. The van der Waals surface area contributed by atoms with E-state index in [1.54, 1.807) is 12.4 Å². The molecule has 1 saturated heterocycles. The molecule has 1 aliphatic rings. The average molecular weight is 248 g/mol.